The number of benzene rings is 4. The number of halogens is 5. The minimum atomic E-state index is -2.33. The first kappa shape index (κ1) is 38.1. The highest BCUT2D eigenvalue weighted by molar-refractivity contribution is 5.95. The monoisotopic (exact) mass is 749 g/mol. The second kappa shape index (κ2) is 16.7. The lowest BCUT2D eigenvalue weighted by Crippen LogP contribution is -2.48. The van der Waals surface area contributed by atoms with Crippen LogP contribution in [0.5, 0.6) is 0 Å². The number of likely N-dealkylation sites (tertiary alicyclic amines) is 2. The van der Waals surface area contributed by atoms with Gasteiger partial charge in [0.1, 0.15) is 5.56 Å². The lowest BCUT2D eigenvalue weighted by molar-refractivity contribution is -0.276. The quantitative estimate of drug-likeness (QED) is 0.0926. The molecule has 0 unspecified atom stereocenters. The number of aliphatic hydroxyl groups excluding tert-OH is 1. The highest BCUT2D eigenvalue weighted by Crippen LogP contribution is 2.43. The molecule has 0 radical (unpaired) electrons. The molecule has 3 heterocycles. The Bertz CT molecular complexity index is 1910. The normalized spacial score (nSPS) is 23.6. The van der Waals surface area contributed by atoms with E-state index >= 15 is 0 Å². The van der Waals surface area contributed by atoms with Crippen LogP contribution in [-0.4, -0.2) is 65.7 Å². The molecule has 0 bridgehead atoms. The van der Waals surface area contributed by atoms with Crippen LogP contribution in [-0.2, 0) is 22.6 Å². The van der Waals surface area contributed by atoms with E-state index in [1.807, 2.05) is 48.5 Å². The van der Waals surface area contributed by atoms with Crippen molar-refractivity contribution < 1.29 is 41.3 Å². The predicted octanol–water partition coefficient (Wildman–Crippen LogP) is 7.82. The molecule has 0 saturated carbocycles. The molecular weight excluding hydrogens is 705 g/mol. The van der Waals surface area contributed by atoms with Gasteiger partial charge in [-0.3, -0.25) is 9.69 Å². The van der Waals surface area contributed by atoms with E-state index in [4.69, 9.17) is 9.47 Å². The molecule has 0 spiro atoms. The summed E-state index contributed by atoms with van der Waals surface area (Å²) in [6.07, 6.45) is 3.81. The third-order valence-corrected chi connectivity index (χ3v) is 11.1. The van der Waals surface area contributed by atoms with E-state index in [1.165, 1.54) is 19.3 Å². The first-order chi connectivity index (χ1) is 26.1. The summed E-state index contributed by atoms with van der Waals surface area (Å²) in [6.45, 7) is 7.10. The van der Waals surface area contributed by atoms with E-state index in [0.29, 0.717) is 17.2 Å². The van der Waals surface area contributed by atoms with Gasteiger partial charge in [-0.1, -0.05) is 79.7 Å². The third-order valence-electron chi connectivity index (χ3n) is 11.1. The number of aliphatic hydroxyl groups is 1. The number of hydrogen-bond acceptors (Lipinski definition) is 6. The van der Waals surface area contributed by atoms with Gasteiger partial charge in [-0.15, -0.1) is 0 Å². The van der Waals surface area contributed by atoms with Crippen molar-refractivity contribution in [3.63, 3.8) is 0 Å². The summed E-state index contributed by atoms with van der Waals surface area (Å²) in [7, 11) is 0. The Balaban J connectivity index is 1.10. The maximum Gasteiger partial charge on any atom is 0.257 e. The number of amides is 1. The summed E-state index contributed by atoms with van der Waals surface area (Å²) in [5.41, 5.74) is 3.11. The van der Waals surface area contributed by atoms with E-state index < -0.39 is 46.8 Å². The van der Waals surface area contributed by atoms with Crippen molar-refractivity contribution in [2.45, 2.75) is 70.3 Å². The van der Waals surface area contributed by atoms with Gasteiger partial charge in [-0.25, -0.2) is 22.0 Å². The molecule has 5 atom stereocenters. The lowest BCUT2D eigenvalue weighted by atomic mass is 9.89. The molecule has 1 amide bonds. The number of ether oxygens (including phenoxy) is 2. The van der Waals surface area contributed by atoms with Crippen molar-refractivity contribution in [1.29, 1.82) is 0 Å². The van der Waals surface area contributed by atoms with Crippen LogP contribution in [0.15, 0.2) is 72.8 Å². The standard InChI is InChI=1S/C42H44F5N3O4/c1-25-33(23-50-20-6-8-31(50)22-49-18-4-5-19-49)53-42(54-40(25)28-12-10-26(24-51)11-13-28)29-16-14-27(15-17-29)32-9-3-2-7-30(32)21-48-41(52)34-35(43)37(45)39(47)38(46)36(34)44/h2-3,7,9-17,25,31,33,40,42,51H,4-6,8,18-24H2,1H3,(H,48,52)/t25-,31+,33+,40+,42+/m1/s1. The Morgan fingerprint density at radius 3 is 2.11 bits per heavy atom. The smallest absolute Gasteiger partial charge is 0.257 e. The number of hydrogen-bond donors (Lipinski definition) is 2. The van der Waals surface area contributed by atoms with E-state index in [0.717, 1.165) is 61.4 Å². The van der Waals surface area contributed by atoms with Crippen molar-refractivity contribution in [3.05, 3.63) is 130 Å². The average Bonchev–Trinajstić information content (AvgIpc) is 3.89. The van der Waals surface area contributed by atoms with Gasteiger partial charge in [-0.2, -0.15) is 0 Å². The van der Waals surface area contributed by atoms with E-state index in [1.54, 1.807) is 24.3 Å². The van der Waals surface area contributed by atoms with Crippen molar-refractivity contribution >= 4 is 5.91 Å². The fraction of sp³-hybridized carbons (Fsp3) is 0.405. The zero-order chi connectivity index (χ0) is 37.9. The lowest BCUT2D eigenvalue weighted by Gasteiger charge is -2.43. The highest BCUT2D eigenvalue weighted by atomic mass is 19.2. The Kier molecular flexibility index (Phi) is 11.8. The Labute approximate surface area is 311 Å². The SMILES string of the molecule is C[C@@H]1[C@H](CN2CCC[C@H]2CN2CCCC2)O[C@H](c2ccc(-c3ccccc3CNC(=O)c3c(F)c(F)c(F)c(F)c3F)cc2)O[C@@H]1c1ccc(CO)cc1. The summed E-state index contributed by atoms with van der Waals surface area (Å²) < 4.78 is 83.1. The van der Waals surface area contributed by atoms with Gasteiger partial charge in [0.15, 0.2) is 29.6 Å². The van der Waals surface area contributed by atoms with Crippen LogP contribution < -0.4 is 5.32 Å². The largest absolute Gasteiger partial charge is 0.392 e. The summed E-state index contributed by atoms with van der Waals surface area (Å²) in [6, 6.07) is 22.9. The average molecular weight is 750 g/mol. The second-order valence-electron chi connectivity index (χ2n) is 14.5. The number of carbonyl (C=O) groups excluding carboxylic acids is 1. The van der Waals surface area contributed by atoms with Crippen LogP contribution >= 0.6 is 0 Å². The summed E-state index contributed by atoms with van der Waals surface area (Å²) in [4.78, 5) is 17.8. The van der Waals surface area contributed by atoms with Gasteiger partial charge < -0.3 is 24.8 Å². The van der Waals surface area contributed by atoms with Gasteiger partial charge >= 0.3 is 0 Å². The summed E-state index contributed by atoms with van der Waals surface area (Å²) in [5.74, 6) is -12.5. The molecule has 3 aliphatic heterocycles. The molecule has 2 N–H and O–H groups in total. The molecule has 7 rings (SSSR count). The predicted molar refractivity (Wildman–Crippen MR) is 193 cm³/mol. The number of carbonyl (C=O) groups is 1. The van der Waals surface area contributed by atoms with Crippen molar-refractivity contribution in [1.82, 2.24) is 15.1 Å². The van der Waals surface area contributed by atoms with Gasteiger partial charge in [0, 0.05) is 37.2 Å². The zero-order valence-corrected chi connectivity index (χ0v) is 30.0. The van der Waals surface area contributed by atoms with Crippen LogP contribution in [0, 0.1) is 35.0 Å². The van der Waals surface area contributed by atoms with E-state index in [2.05, 4.69) is 22.0 Å². The molecule has 4 aromatic carbocycles. The molecular formula is C42H44F5N3O4. The first-order valence-corrected chi connectivity index (χ1v) is 18.6. The molecule has 3 saturated heterocycles. The van der Waals surface area contributed by atoms with Crippen LogP contribution in [0.3, 0.4) is 0 Å². The minimum Gasteiger partial charge on any atom is -0.392 e. The van der Waals surface area contributed by atoms with E-state index in [-0.39, 0.29) is 31.3 Å². The van der Waals surface area contributed by atoms with Crippen molar-refractivity contribution in [2.75, 3.05) is 32.7 Å². The minimum absolute atomic E-state index is 0.0421. The summed E-state index contributed by atoms with van der Waals surface area (Å²) in [5, 5.41) is 11.9. The maximum atomic E-state index is 14.3. The highest BCUT2D eigenvalue weighted by Gasteiger charge is 2.41. The molecule has 3 aliphatic rings. The van der Waals surface area contributed by atoms with Gasteiger partial charge in [0.2, 0.25) is 5.82 Å². The molecule has 0 aliphatic carbocycles. The number of nitrogens with zero attached hydrogens (tertiary/aromatic N) is 2. The third kappa shape index (κ3) is 7.94. The Morgan fingerprint density at radius 1 is 0.778 bits per heavy atom. The van der Waals surface area contributed by atoms with Crippen LogP contribution in [0.25, 0.3) is 11.1 Å². The molecule has 286 valence electrons. The van der Waals surface area contributed by atoms with Crippen LogP contribution in [0.2, 0.25) is 0 Å². The van der Waals surface area contributed by atoms with Gasteiger partial charge in [0.25, 0.3) is 5.91 Å². The van der Waals surface area contributed by atoms with Crippen molar-refractivity contribution in [3.8, 4) is 11.1 Å². The van der Waals surface area contributed by atoms with Crippen molar-refractivity contribution in [2.24, 2.45) is 5.92 Å². The number of rotatable bonds is 11. The van der Waals surface area contributed by atoms with Crippen LogP contribution in [0.4, 0.5) is 22.0 Å². The Hall–Kier alpha value is -4.20. The molecule has 12 heteroatoms. The first-order valence-electron chi connectivity index (χ1n) is 18.6. The summed E-state index contributed by atoms with van der Waals surface area (Å²) >= 11 is 0. The fourth-order valence-corrected chi connectivity index (χ4v) is 8.01. The molecule has 3 fully saturated rings. The topological polar surface area (TPSA) is 74.3 Å². The van der Waals surface area contributed by atoms with E-state index in [9.17, 15) is 31.9 Å². The van der Waals surface area contributed by atoms with Crippen LogP contribution in [0.1, 0.15) is 77.6 Å². The zero-order valence-electron chi connectivity index (χ0n) is 30.0. The molecule has 54 heavy (non-hydrogen) atoms. The van der Waals surface area contributed by atoms with Gasteiger partial charge in [-0.05, 0) is 73.1 Å². The second-order valence-corrected chi connectivity index (χ2v) is 14.5. The Morgan fingerprint density at radius 2 is 1.43 bits per heavy atom. The molecule has 0 aromatic heterocycles. The molecule has 7 nitrogen and oxygen atoms in total. The maximum absolute atomic E-state index is 14.3. The van der Waals surface area contributed by atoms with Gasteiger partial charge in [0.05, 0.1) is 18.8 Å². The number of nitrogens with one attached hydrogen (secondary N) is 1. The fourth-order valence-electron chi connectivity index (χ4n) is 8.01. The molecule has 4 aromatic rings.